The number of hydrogen-bond donors (Lipinski definition) is 0. The lowest BCUT2D eigenvalue weighted by Crippen LogP contribution is -2.39. The number of fused-ring (bicyclic) bond motifs is 1. The maximum Gasteiger partial charge on any atom is 0.243 e. The molecular formula is C26H33N3O4S2. The van der Waals surface area contributed by atoms with E-state index in [1.165, 1.54) is 11.8 Å². The lowest BCUT2D eigenvalue weighted by Gasteiger charge is -2.30. The predicted molar refractivity (Wildman–Crippen MR) is 139 cm³/mol. The Morgan fingerprint density at radius 1 is 1.20 bits per heavy atom. The zero-order chi connectivity index (χ0) is 24.8. The number of imidazole rings is 1. The summed E-state index contributed by atoms with van der Waals surface area (Å²) in [5.41, 5.74) is 2.16. The van der Waals surface area contributed by atoms with Crippen molar-refractivity contribution in [3.63, 3.8) is 0 Å². The number of nitrogens with zero attached hydrogens (tertiary/aromatic N) is 3. The van der Waals surface area contributed by atoms with E-state index < -0.39 is 10.0 Å². The lowest BCUT2D eigenvalue weighted by atomic mass is 10.0. The average Bonchev–Trinajstić information content (AvgIpc) is 3.22. The summed E-state index contributed by atoms with van der Waals surface area (Å²) in [6.07, 6.45) is 2.73. The Balaban J connectivity index is 1.61. The molecule has 2 heterocycles. The molecule has 0 spiro atoms. The number of sulfonamides is 1. The van der Waals surface area contributed by atoms with E-state index in [4.69, 9.17) is 9.72 Å². The van der Waals surface area contributed by atoms with Crippen LogP contribution in [0, 0.1) is 5.92 Å². The van der Waals surface area contributed by atoms with E-state index in [1.807, 2.05) is 43.3 Å². The summed E-state index contributed by atoms with van der Waals surface area (Å²) in [4.78, 5) is 17.7. The molecule has 0 unspecified atom stereocenters. The highest BCUT2D eigenvalue weighted by molar-refractivity contribution is 7.99. The van der Waals surface area contributed by atoms with Crippen molar-refractivity contribution in [2.45, 2.75) is 49.7 Å². The summed E-state index contributed by atoms with van der Waals surface area (Å²) >= 11 is 1.38. The number of piperidine rings is 1. The number of ketones is 1. The van der Waals surface area contributed by atoms with Crippen LogP contribution in [0.15, 0.2) is 58.6 Å². The largest absolute Gasteiger partial charge is 0.382 e. The van der Waals surface area contributed by atoms with Crippen LogP contribution in [0.2, 0.25) is 0 Å². The minimum Gasteiger partial charge on any atom is -0.382 e. The Hall–Kier alpha value is -2.20. The van der Waals surface area contributed by atoms with Gasteiger partial charge in [0.25, 0.3) is 0 Å². The number of ether oxygens (including phenoxy) is 1. The summed E-state index contributed by atoms with van der Waals surface area (Å²) in [6, 6.07) is 14.4. The van der Waals surface area contributed by atoms with Gasteiger partial charge in [0.15, 0.2) is 10.9 Å². The number of thioether (sulfide) groups is 1. The fraction of sp³-hybridized carbons (Fsp3) is 0.462. The van der Waals surface area contributed by atoms with Crippen molar-refractivity contribution in [3.8, 4) is 0 Å². The van der Waals surface area contributed by atoms with Gasteiger partial charge in [0.05, 0.1) is 21.7 Å². The molecule has 4 rings (SSSR count). The van der Waals surface area contributed by atoms with Gasteiger partial charge in [0.1, 0.15) is 0 Å². The third kappa shape index (κ3) is 6.14. The van der Waals surface area contributed by atoms with Gasteiger partial charge in [-0.05, 0) is 50.3 Å². The maximum atomic E-state index is 13.3. The van der Waals surface area contributed by atoms with Crippen LogP contribution >= 0.6 is 11.8 Å². The molecule has 3 aromatic rings. The van der Waals surface area contributed by atoms with Crippen molar-refractivity contribution in [2.75, 3.05) is 32.1 Å². The lowest BCUT2D eigenvalue weighted by molar-refractivity contribution is 0.102. The summed E-state index contributed by atoms with van der Waals surface area (Å²) in [6.45, 7) is 7.13. The predicted octanol–water partition coefficient (Wildman–Crippen LogP) is 4.86. The molecule has 1 fully saturated rings. The molecule has 35 heavy (non-hydrogen) atoms. The molecular weight excluding hydrogens is 482 g/mol. The van der Waals surface area contributed by atoms with Gasteiger partial charge in [-0.1, -0.05) is 49.0 Å². The molecule has 9 heteroatoms. The fourth-order valence-electron chi connectivity index (χ4n) is 4.39. The van der Waals surface area contributed by atoms with Crippen molar-refractivity contribution in [1.29, 1.82) is 0 Å². The zero-order valence-corrected chi connectivity index (χ0v) is 22.0. The quantitative estimate of drug-likeness (QED) is 0.206. The number of aryl methyl sites for hydroxylation is 1. The number of hydrogen-bond acceptors (Lipinski definition) is 6. The average molecular weight is 516 g/mol. The Labute approximate surface area is 211 Å². The van der Waals surface area contributed by atoms with Gasteiger partial charge in [0.2, 0.25) is 10.0 Å². The van der Waals surface area contributed by atoms with E-state index in [-0.39, 0.29) is 16.4 Å². The van der Waals surface area contributed by atoms with Gasteiger partial charge in [-0.15, -0.1) is 0 Å². The van der Waals surface area contributed by atoms with Crippen molar-refractivity contribution in [1.82, 2.24) is 13.9 Å². The monoisotopic (exact) mass is 515 g/mol. The molecule has 0 N–H and O–H groups in total. The topological polar surface area (TPSA) is 81.5 Å². The Morgan fingerprint density at radius 3 is 2.74 bits per heavy atom. The van der Waals surface area contributed by atoms with Gasteiger partial charge in [-0.2, -0.15) is 4.31 Å². The minimum absolute atomic E-state index is 0.0333. The van der Waals surface area contributed by atoms with E-state index in [2.05, 4.69) is 11.5 Å². The summed E-state index contributed by atoms with van der Waals surface area (Å²) in [5.74, 6) is 0.651. The van der Waals surface area contributed by atoms with Gasteiger partial charge in [-0.25, -0.2) is 13.4 Å². The van der Waals surface area contributed by atoms with Crippen LogP contribution in [0.25, 0.3) is 11.0 Å². The van der Waals surface area contributed by atoms with E-state index in [1.54, 1.807) is 16.4 Å². The molecule has 1 atom stereocenters. The maximum absolute atomic E-state index is 13.3. The van der Waals surface area contributed by atoms with Crippen LogP contribution in [0.5, 0.6) is 0 Å². The molecule has 2 aromatic carbocycles. The van der Waals surface area contributed by atoms with E-state index in [0.29, 0.717) is 55.0 Å². The smallest absolute Gasteiger partial charge is 0.243 e. The van der Waals surface area contributed by atoms with Crippen LogP contribution in [0.4, 0.5) is 0 Å². The number of Topliss-reactive ketones (excluding diaryl/α,β-unsaturated/α-hetero) is 1. The molecule has 0 aliphatic carbocycles. The molecule has 0 bridgehead atoms. The van der Waals surface area contributed by atoms with Crippen LogP contribution in [0.3, 0.4) is 0 Å². The highest BCUT2D eigenvalue weighted by Crippen LogP contribution is 2.29. The molecule has 1 saturated heterocycles. The SMILES string of the molecule is CCOCCCn1c(SCC(=O)c2ccccc2)nc2cc(S(=O)(=O)N3CCC[C@@H](C)C3)ccc21. The Bertz CT molecular complexity index is 1260. The van der Waals surface area contributed by atoms with Crippen molar-refractivity contribution in [3.05, 3.63) is 54.1 Å². The second kappa shape index (κ2) is 11.7. The number of rotatable bonds is 11. The van der Waals surface area contributed by atoms with Crippen LogP contribution in [-0.4, -0.2) is 60.1 Å². The second-order valence-corrected chi connectivity index (χ2v) is 11.8. The normalized spacial score (nSPS) is 17.1. The molecule has 0 amide bonds. The van der Waals surface area contributed by atoms with Crippen molar-refractivity contribution in [2.24, 2.45) is 5.92 Å². The summed E-state index contributed by atoms with van der Waals surface area (Å²) in [7, 11) is -3.57. The first-order chi connectivity index (χ1) is 16.9. The number of carbonyl (C=O) groups excluding carboxylic acids is 1. The third-order valence-corrected chi connectivity index (χ3v) is 9.08. The number of aromatic nitrogens is 2. The number of benzene rings is 2. The zero-order valence-electron chi connectivity index (χ0n) is 20.4. The van der Waals surface area contributed by atoms with Gasteiger partial charge >= 0.3 is 0 Å². The third-order valence-electron chi connectivity index (χ3n) is 6.24. The fourth-order valence-corrected chi connectivity index (χ4v) is 6.95. The van der Waals surface area contributed by atoms with Crippen LogP contribution in [0.1, 0.15) is 43.5 Å². The van der Waals surface area contributed by atoms with E-state index >= 15 is 0 Å². The molecule has 0 radical (unpaired) electrons. The molecule has 7 nitrogen and oxygen atoms in total. The molecule has 0 saturated carbocycles. The van der Waals surface area contributed by atoms with Crippen LogP contribution in [-0.2, 0) is 21.3 Å². The molecule has 1 aliphatic rings. The highest BCUT2D eigenvalue weighted by Gasteiger charge is 2.29. The Kier molecular flexibility index (Phi) is 8.64. The number of carbonyl (C=O) groups is 1. The van der Waals surface area contributed by atoms with Crippen molar-refractivity contribution >= 4 is 38.6 Å². The van der Waals surface area contributed by atoms with E-state index in [0.717, 1.165) is 24.8 Å². The Morgan fingerprint density at radius 2 is 2.00 bits per heavy atom. The van der Waals surface area contributed by atoms with Gasteiger partial charge in [0, 0.05) is 38.4 Å². The van der Waals surface area contributed by atoms with Crippen LogP contribution < -0.4 is 0 Å². The second-order valence-electron chi connectivity index (χ2n) is 8.94. The van der Waals surface area contributed by atoms with Gasteiger partial charge < -0.3 is 9.30 Å². The van der Waals surface area contributed by atoms with Gasteiger partial charge in [-0.3, -0.25) is 4.79 Å². The first-order valence-corrected chi connectivity index (χ1v) is 14.6. The van der Waals surface area contributed by atoms with Crippen molar-refractivity contribution < 1.29 is 17.9 Å². The minimum atomic E-state index is -3.57. The van der Waals surface area contributed by atoms with E-state index in [9.17, 15) is 13.2 Å². The molecule has 1 aliphatic heterocycles. The first-order valence-electron chi connectivity index (χ1n) is 12.2. The first kappa shape index (κ1) is 25.9. The standard InChI is InChI=1S/C26H33N3O4S2/c1-3-33-16-8-15-29-24-13-12-22(35(31,32)28-14-7-9-20(2)18-28)17-23(24)27-26(29)34-19-25(30)21-10-5-4-6-11-21/h4-6,10-13,17,20H,3,7-9,14-16,18-19H2,1-2H3/t20-/m1/s1. The summed E-state index contributed by atoms with van der Waals surface area (Å²) in [5, 5.41) is 0.710. The summed E-state index contributed by atoms with van der Waals surface area (Å²) < 4.78 is 35.8. The highest BCUT2D eigenvalue weighted by atomic mass is 32.2. The molecule has 1 aromatic heterocycles. The molecule has 188 valence electrons.